The van der Waals surface area contributed by atoms with Crippen LogP contribution in [0.15, 0.2) is 67.0 Å². The zero-order chi connectivity index (χ0) is 28.1. The standard InChI is InChI=1S/C29H33N7O4/c1-35(27-33-23-17-25(39-3)24(38-2)16-22(23)26(30)34-27)19-29(20-8-5-4-6-9-20)11-14-36(15-12-29)40-28(37)32-21-10-7-13-31-18-21/h4-10,13,16-18H,11-12,14-15,19H2,1-3H3,(H,32,37)(H2,30,33,34). The number of piperidine rings is 1. The van der Waals surface area contributed by atoms with Gasteiger partial charge in [-0.3, -0.25) is 10.3 Å². The molecule has 40 heavy (non-hydrogen) atoms. The molecule has 3 heterocycles. The molecule has 1 aliphatic rings. The Morgan fingerprint density at radius 1 is 1.05 bits per heavy atom. The fourth-order valence-electron chi connectivity index (χ4n) is 5.19. The van der Waals surface area contributed by atoms with E-state index in [4.69, 9.17) is 25.0 Å². The van der Waals surface area contributed by atoms with Crippen LogP contribution in [0.3, 0.4) is 0 Å². The molecule has 11 nitrogen and oxygen atoms in total. The predicted molar refractivity (Wildman–Crippen MR) is 154 cm³/mol. The molecular formula is C29H33N7O4. The molecule has 1 saturated heterocycles. The molecule has 2 aromatic carbocycles. The lowest BCUT2D eigenvalue weighted by Crippen LogP contribution is -2.49. The van der Waals surface area contributed by atoms with Crippen molar-refractivity contribution in [3.63, 3.8) is 0 Å². The molecule has 5 rings (SSSR count). The second kappa shape index (κ2) is 11.6. The average molecular weight is 544 g/mol. The maximum atomic E-state index is 12.4. The summed E-state index contributed by atoms with van der Waals surface area (Å²) < 4.78 is 10.9. The van der Waals surface area contributed by atoms with E-state index in [1.165, 1.54) is 5.56 Å². The van der Waals surface area contributed by atoms with Crippen LogP contribution in [-0.2, 0) is 10.3 Å². The van der Waals surface area contributed by atoms with E-state index in [2.05, 4.69) is 27.4 Å². The molecule has 1 amide bonds. The van der Waals surface area contributed by atoms with Crippen molar-refractivity contribution in [2.24, 2.45) is 0 Å². The highest BCUT2D eigenvalue weighted by Gasteiger charge is 2.39. The van der Waals surface area contributed by atoms with Crippen molar-refractivity contribution in [1.82, 2.24) is 20.0 Å². The molecule has 0 saturated carbocycles. The summed E-state index contributed by atoms with van der Waals surface area (Å²) in [6.07, 6.45) is 4.20. The van der Waals surface area contributed by atoms with Crippen molar-refractivity contribution in [3.05, 3.63) is 72.6 Å². The van der Waals surface area contributed by atoms with Crippen molar-refractivity contribution >= 4 is 34.4 Å². The van der Waals surface area contributed by atoms with Gasteiger partial charge in [0.1, 0.15) is 5.82 Å². The third kappa shape index (κ3) is 5.69. The van der Waals surface area contributed by atoms with Gasteiger partial charge in [0.05, 0.1) is 31.6 Å². The summed E-state index contributed by atoms with van der Waals surface area (Å²) in [5, 5.41) is 5.11. The van der Waals surface area contributed by atoms with Crippen LogP contribution in [0.2, 0.25) is 0 Å². The Morgan fingerprint density at radius 2 is 1.77 bits per heavy atom. The molecule has 0 bridgehead atoms. The number of benzene rings is 2. The maximum absolute atomic E-state index is 12.4. The molecule has 3 N–H and O–H groups in total. The minimum atomic E-state index is -0.538. The number of pyridine rings is 1. The monoisotopic (exact) mass is 543 g/mol. The quantitative estimate of drug-likeness (QED) is 0.333. The summed E-state index contributed by atoms with van der Waals surface area (Å²) in [6, 6.07) is 17.5. The summed E-state index contributed by atoms with van der Waals surface area (Å²) in [7, 11) is 5.13. The minimum Gasteiger partial charge on any atom is -0.493 e. The van der Waals surface area contributed by atoms with Gasteiger partial charge in [-0.15, -0.1) is 5.06 Å². The second-order valence-electron chi connectivity index (χ2n) is 9.81. The molecule has 0 radical (unpaired) electrons. The Hall–Kier alpha value is -4.64. The maximum Gasteiger partial charge on any atom is 0.430 e. The van der Waals surface area contributed by atoms with Crippen LogP contribution < -0.4 is 25.4 Å². The van der Waals surface area contributed by atoms with Crippen molar-refractivity contribution in [2.75, 3.05) is 56.9 Å². The normalized spacial score (nSPS) is 14.9. The van der Waals surface area contributed by atoms with E-state index < -0.39 is 6.09 Å². The van der Waals surface area contributed by atoms with E-state index in [-0.39, 0.29) is 5.41 Å². The number of likely N-dealkylation sites (N-methyl/N-ethyl adjacent to an activating group) is 1. The minimum absolute atomic E-state index is 0.222. The van der Waals surface area contributed by atoms with Gasteiger partial charge in [-0.25, -0.2) is 9.78 Å². The Labute approximate surface area is 232 Å². The number of nitrogens with one attached hydrogen (secondary N) is 1. The number of nitrogen functional groups attached to an aromatic ring is 1. The summed E-state index contributed by atoms with van der Waals surface area (Å²) >= 11 is 0. The van der Waals surface area contributed by atoms with Crippen LogP contribution >= 0.6 is 0 Å². The Bertz CT molecular complexity index is 1460. The number of nitrogens with zero attached hydrogens (tertiary/aromatic N) is 5. The number of hydroxylamine groups is 2. The van der Waals surface area contributed by atoms with Crippen LogP contribution in [0.1, 0.15) is 18.4 Å². The zero-order valence-electron chi connectivity index (χ0n) is 22.8. The van der Waals surface area contributed by atoms with Crippen molar-refractivity contribution < 1.29 is 19.1 Å². The lowest BCUT2D eigenvalue weighted by atomic mass is 9.72. The second-order valence-corrected chi connectivity index (χ2v) is 9.81. The first-order chi connectivity index (χ1) is 19.4. The van der Waals surface area contributed by atoms with Crippen LogP contribution in [0.5, 0.6) is 11.5 Å². The first-order valence-corrected chi connectivity index (χ1v) is 13.0. The highest BCUT2D eigenvalue weighted by molar-refractivity contribution is 5.91. The third-order valence-electron chi connectivity index (χ3n) is 7.29. The molecule has 208 valence electrons. The van der Waals surface area contributed by atoms with Crippen LogP contribution in [-0.4, -0.2) is 67.0 Å². The predicted octanol–water partition coefficient (Wildman–Crippen LogP) is 4.26. The molecule has 2 aromatic heterocycles. The van der Waals surface area contributed by atoms with E-state index in [0.717, 1.165) is 12.8 Å². The lowest BCUT2D eigenvalue weighted by molar-refractivity contribution is -0.116. The van der Waals surface area contributed by atoms with Crippen LogP contribution in [0, 0.1) is 0 Å². The number of hydrogen-bond acceptors (Lipinski definition) is 10. The van der Waals surface area contributed by atoms with Crippen LogP contribution in [0.4, 0.5) is 22.2 Å². The number of methoxy groups -OCH3 is 2. The topological polar surface area (TPSA) is 128 Å². The van der Waals surface area contributed by atoms with Gasteiger partial charge in [-0.05, 0) is 36.6 Å². The van der Waals surface area contributed by atoms with Crippen molar-refractivity contribution in [2.45, 2.75) is 18.3 Å². The molecule has 11 heteroatoms. The Kier molecular flexibility index (Phi) is 7.83. The van der Waals surface area contributed by atoms with Gasteiger partial charge in [0.2, 0.25) is 5.95 Å². The largest absolute Gasteiger partial charge is 0.493 e. The number of carbonyl (C=O) groups excluding carboxylic acids is 1. The molecule has 0 unspecified atom stereocenters. The summed E-state index contributed by atoms with van der Waals surface area (Å²) in [5.41, 5.74) is 8.60. The number of nitrogens with two attached hydrogens (primary N) is 1. The van der Waals surface area contributed by atoms with Gasteiger partial charge < -0.3 is 24.9 Å². The summed E-state index contributed by atoms with van der Waals surface area (Å²) in [5.74, 6) is 2.02. The number of ether oxygens (including phenoxy) is 2. The Balaban J connectivity index is 1.35. The van der Waals surface area contributed by atoms with E-state index in [1.54, 1.807) is 49.9 Å². The lowest BCUT2D eigenvalue weighted by Gasteiger charge is -2.43. The summed E-state index contributed by atoms with van der Waals surface area (Å²) in [6.45, 7) is 1.78. The molecular weight excluding hydrogens is 510 g/mol. The fraction of sp³-hybridized carbons (Fsp3) is 0.310. The fourth-order valence-corrected chi connectivity index (χ4v) is 5.19. The smallest absolute Gasteiger partial charge is 0.430 e. The van der Waals surface area contributed by atoms with Crippen molar-refractivity contribution in [1.29, 1.82) is 0 Å². The number of hydrogen-bond donors (Lipinski definition) is 2. The van der Waals surface area contributed by atoms with Gasteiger partial charge in [0.25, 0.3) is 0 Å². The zero-order valence-corrected chi connectivity index (χ0v) is 22.8. The molecule has 4 aromatic rings. The molecule has 0 aliphatic carbocycles. The SMILES string of the molecule is COc1cc2nc(N(C)CC3(c4ccccc4)CCN(OC(=O)Nc4cccnc4)CC3)nc(N)c2cc1OC. The van der Waals surface area contributed by atoms with Gasteiger partial charge >= 0.3 is 6.09 Å². The highest BCUT2D eigenvalue weighted by atomic mass is 16.7. The first kappa shape index (κ1) is 26.9. The number of carbonyl (C=O) groups is 1. The number of fused-ring (bicyclic) bond motifs is 1. The Morgan fingerprint density at radius 3 is 2.45 bits per heavy atom. The van der Waals surface area contributed by atoms with E-state index in [9.17, 15) is 4.79 Å². The van der Waals surface area contributed by atoms with E-state index in [1.807, 2.05) is 36.2 Å². The number of amides is 1. The average Bonchev–Trinajstić information content (AvgIpc) is 2.98. The van der Waals surface area contributed by atoms with Crippen molar-refractivity contribution in [3.8, 4) is 11.5 Å². The van der Waals surface area contributed by atoms with Crippen LogP contribution in [0.25, 0.3) is 10.9 Å². The van der Waals surface area contributed by atoms with Gasteiger partial charge in [-0.1, -0.05) is 30.3 Å². The van der Waals surface area contributed by atoms with Gasteiger partial charge in [0, 0.05) is 49.7 Å². The molecule has 0 atom stereocenters. The van der Waals surface area contributed by atoms with Gasteiger partial charge in [0.15, 0.2) is 11.5 Å². The summed E-state index contributed by atoms with van der Waals surface area (Å²) in [4.78, 5) is 33.5. The third-order valence-corrected chi connectivity index (χ3v) is 7.29. The highest BCUT2D eigenvalue weighted by Crippen LogP contribution is 2.38. The van der Waals surface area contributed by atoms with E-state index >= 15 is 0 Å². The molecule has 0 spiro atoms. The number of anilines is 3. The first-order valence-electron chi connectivity index (χ1n) is 13.0. The van der Waals surface area contributed by atoms with Gasteiger partial charge in [-0.2, -0.15) is 4.98 Å². The number of aromatic nitrogens is 3. The number of rotatable bonds is 8. The molecule has 1 aliphatic heterocycles. The van der Waals surface area contributed by atoms with E-state index in [0.29, 0.717) is 59.5 Å². The molecule has 1 fully saturated rings.